The number of hydrogen-bond acceptors (Lipinski definition) is 4. The predicted molar refractivity (Wildman–Crippen MR) is 59.9 cm³/mol. The Hall–Kier alpha value is -1.71. The topological polar surface area (TPSA) is 44.8 Å². The molecule has 88 valence electrons. The largest absolute Gasteiger partial charge is 0.493 e. The quantitative estimate of drug-likeness (QED) is 0.717. The van der Waals surface area contributed by atoms with E-state index in [4.69, 9.17) is 14.2 Å². The smallest absolute Gasteiger partial charge is 0.293 e. The van der Waals surface area contributed by atoms with E-state index in [1.165, 1.54) is 0 Å². The lowest BCUT2D eigenvalue weighted by Crippen LogP contribution is -2.01. The summed E-state index contributed by atoms with van der Waals surface area (Å²) >= 11 is 0. The number of benzene rings is 1. The van der Waals surface area contributed by atoms with Gasteiger partial charge in [0.2, 0.25) is 0 Å². The molecule has 0 aliphatic carbocycles. The molecule has 0 unspecified atom stereocenters. The Labute approximate surface area is 95.1 Å². The van der Waals surface area contributed by atoms with Crippen LogP contribution in [0.3, 0.4) is 0 Å². The van der Waals surface area contributed by atoms with Crippen molar-refractivity contribution in [3.05, 3.63) is 22.8 Å². The Morgan fingerprint density at radius 2 is 1.81 bits per heavy atom. The average Bonchev–Trinajstić information content (AvgIpc) is 2.29. The zero-order valence-electron chi connectivity index (χ0n) is 9.99. The van der Waals surface area contributed by atoms with E-state index in [1.807, 2.05) is 19.9 Å². The van der Waals surface area contributed by atoms with Crippen molar-refractivity contribution in [1.29, 1.82) is 0 Å². The first-order valence-electron chi connectivity index (χ1n) is 4.92. The Kier molecular flexibility index (Phi) is 4.17. The van der Waals surface area contributed by atoms with Gasteiger partial charge in [0.1, 0.15) is 6.61 Å². The molecule has 0 heterocycles. The van der Waals surface area contributed by atoms with Gasteiger partial charge in [0, 0.05) is 5.56 Å². The van der Waals surface area contributed by atoms with Crippen molar-refractivity contribution in [3.8, 4) is 11.5 Å². The minimum Gasteiger partial charge on any atom is -0.493 e. The van der Waals surface area contributed by atoms with Gasteiger partial charge >= 0.3 is 0 Å². The Balaban J connectivity index is 3.25. The fourth-order valence-electron chi connectivity index (χ4n) is 1.63. The molecule has 0 N–H and O–H groups in total. The molecule has 0 amide bonds. The highest BCUT2D eigenvalue weighted by Gasteiger charge is 2.15. The summed E-state index contributed by atoms with van der Waals surface area (Å²) in [7, 11) is 3.16. The van der Waals surface area contributed by atoms with Crippen molar-refractivity contribution in [3.63, 3.8) is 0 Å². The van der Waals surface area contributed by atoms with Gasteiger partial charge in [-0.25, -0.2) is 0 Å². The normalized spacial score (nSPS) is 9.75. The van der Waals surface area contributed by atoms with Gasteiger partial charge in [-0.15, -0.1) is 0 Å². The molecular weight excluding hydrogens is 208 g/mol. The number of rotatable bonds is 5. The average molecular weight is 224 g/mol. The zero-order valence-corrected chi connectivity index (χ0v) is 9.99. The first-order chi connectivity index (χ1) is 7.65. The summed E-state index contributed by atoms with van der Waals surface area (Å²) < 4.78 is 15.3. The fourth-order valence-corrected chi connectivity index (χ4v) is 1.63. The predicted octanol–water partition coefficient (Wildman–Crippen LogP) is 1.99. The molecule has 0 aromatic heterocycles. The minimum atomic E-state index is 0.185. The third-order valence-corrected chi connectivity index (χ3v) is 2.54. The monoisotopic (exact) mass is 224 g/mol. The molecular formula is C12H16O4. The van der Waals surface area contributed by atoms with E-state index in [1.54, 1.807) is 14.2 Å². The molecule has 4 heteroatoms. The summed E-state index contributed by atoms with van der Waals surface area (Å²) in [5, 5.41) is 0. The Morgan fingerprint density at radius 1 is 1.19 bits per heavy atom. The number of carbonyl (C=O) groups excluding carboxylic acids is 1. The highest BCUT2D eigenvalue weighted by molar-refractivity contribution is 5.55. The van der Waals surface area contributed by atoms with Gasteiger partial charge in [-0.05, 0) is 31.0 Å². The molecule has 0 saturated carbocycles. The molecule has 0 fully saturated rings. The lowest BCUT2D eigenvalue weighted by atomic mass is 10.0. The van der Waals surface area contributed by atoms with Crippen LogP contribution in [0.25, 0.3) is 0 Å². The summed E-state index contributed by atoms with van der Waals surface area (Å²) in [6.45, 7) is 4.54. The van der Waals surface area contributed by atoms with Crippen LogP contribution in [0.5, 0.6) is 11.5 Å². The summed E-state index contributed by atoms with van der Waals surface area (Å²) in [6.07, 6.45) is 0. The van der Waals surface area contributed by atoms with Crippen LogP contribution in [0.1, 0.15) is 16.7 Å². The molecule has 0 atom stereocenters. The SMILES string of the molecule is COc1c(COC=O)cc(C)c(C)c1OC. The van der Waals surface area contributed by atoms with Crippen molar-refractivity contribution in [1.82, 2.24) is 0 Å². The molecule has 0 spiro atoms. The van der Waals surface area contributed by atoms with E-state index in [0.717, 1.165) is 16.7 Å². The van der Waals surface area contributed by atoms with Crippen molar-refractivity contribution >= 4 is 6.47 Å². The summed E-state index contributed by atoms with van der Waals surface area (Å²) in [5.41, 5.74) is 2.89. The van der Waals surface area contributed by atoms with E-state index in [9.17, 15) is 4.79 Å². The third-order valence-electron chi connectivity index (χ3n) is 2.54. The van der Waals surface area contributed by atoms with Crippen molar-refractivity contribution in [2.75, 3.05) is 14.2 Å². The van der Waals surface area contributed by atoms with Gasteiger partial charge in [-0.1, -0.05) is 0 Å². The highest BCUT2D eigenvalue weighted by Crippen LogP contribution is 2.36. The molecule has 0 bridgehead atoms. The van der Waals surface area contributed by atoms with E-state index < -0.39 is 0 Å². The minimum absolute atomic E-state index is 0.185. The van der Waals surface area contributed by atoms with Crippen LogP contribution in [-0.2, 0) is 16.1 Å². The number of ether oxygens (including phenoxy) is 3. The van der Waals surface area contributed by atoms with E-state index in [2.05, 4.69) is 0 Å². The maximum atomic E-state index is 10.2. The van der Waals surface area contributed by atoms with Gasteiger partial charge in [0.15, 0.2) is 11.5 Å². The van der Waals surface area contributed by atoms with Gasteiger partial charge < -0.3 is 14.2 Å². The van der Waals surface area contributed by atoms with Crippen LogP contribution < -0.4 is 9.47 Å². The maximum absolute atomic E-state index is 10.2. The van der Waals surface area contributed by atoms with Crippen molar-refractivity contribution < 1.29 is 19.0 Å². The van der Waals surface area contributed by atoms with Crippen LogP contribution in [0.2, 0.25) is 0 Å². The molecule has 1 rings (SSSR count). The van der Waals surface area contributed by atoms with Gasteiger partial charge in [0.25, 0.3) is 6.47 Å². The standard InChI is InChI=1S/C12H16O4/c1-8-5-10(6-16-7-13)12(15-4)11(14-3)9(8)2/h5,7H,6H2,1-4H3. The van der Waals surface area contributed by atoms with Crippen LogP contribution in [-0.4, -0.2) is 20.7 Å². The third kappa shape index (κ3) is 2.27. The molecule has 0 aliphatic rings. The summed E-state index contributed by atoms with van der Waals surface area (Å²) in [6, 6.07) is 1.93. The van der Waals surface area contributed by atoms with Gasteiger partial charge in [0.05, 0.1) is 14.2 Å². The van der Waals surface area contributed by atoms with Crippen LogP contribution in [0.4, 0.5) is 0 Å². The first-order valence-corrected chi connectivity index (χ1v) is 4.92. The van der Waals surface area contributed by atoms with Crippen LogP contribution >= 0.6 is 0 Å². The number of hydrogen-bond donors (Lipinski definition) is 0. The molecule has 1 aromatic rings. The molecule has 0 saturated heterocycles. The number of carbonyl (C=O) groups is 1. The second-order valence-corrected chi connectivity index (χ2v) is 3.45. The zero-order chi connectivity index (χ0) is 12.1. The summed E-state index contributed by atoms with van der Waals surface area (Å²) in [4.78, 5) is 10.2. The number of aryl methyl sites for hydroxylation is 1. The Morgan fingerprint density at radius 3 is 2.31 bits per heavy atom. The van der Waals surface area contributed by atoms with Crippen molar-refractivity contribution in [2.24, 2.45) is 0 Å². The van der Waals surface area contributed by atoms with Crippen molar-refractivity contribution in [2.45, 2.75) is 20.5 Å². The highest BCUT2D eigenvalue weighted by atomic mass is 16.5. The second kappa shape index (κ2) is 5.39. The lowest BCUT2D eigenvalue weighted by molar-refractivity contribution is -0.129. The van der Waals surface area contributed by atoms with E-state index in [0.29, 0.717) is 18.0 Å². The van der Waals surface area contributed by atoms with E-state index in [-0.39, 0.29) is 6.61 Å². The fraction of sp³-hybridized carbons (Fsp3) is 0.417. The lowest BCUT2D eigenvalue weighted by Gasteiger charge is -2.16. The molecule has 16 heavy (non-hydrogen) atoms. The molecule has 0 aliphatic heterocycles. The maximum Gasteiger partial charge on any atom is 0.293 e. The molecule has 1 aromatic carbocycles. The second-order valence-electron chi connectivity index (χ2n) is 3.45. The first kappa shape index (κ1) is 12.4. The van der Waals surface area contributed by atoms with Gasteiger partial charge in [-0.3, -0.25) is 4.79 Å². The molecule has 0 radical (unpaired) electrons. The molecule has 4 nitrogen and oxygen atoms in total. The van der Waals surface area contributed by atoms with Crippen LogP contribution in [0, 0.1) is 13.8 Å². The van der Waals surface area contributed by atoms with E-state index >= 15 is 0 Å². The van der Waals surface area contributed by atoms with Crippen LogP contribution in [0.15, 0.2) is 6.07 Å². The summed E-state index contributed by atoms with van der Waals surface area (Å²) in [5.74, 6) is 1.31. The Bertz CT molecular complexity index is 385. The number of methoxy groups -OCH3 is 2. The van der Waals surface area contributed by atoms with Gasteiger partial charge in [-0.2, -0.15) is 0 Å².